The van der Waals surface area contributed by atoms with Crippen LogP contribution in [0.5, 0.6) is 11.5 Å². The number of fused-ring (bicyclic) bond motifs is 2. The van der Waals surface area contributed by atoms with Crippen molar-refractivity contribution in [1.82, 2.24) is 15.5 Å². The first kappa shape index (κ1) is 22.6. The van der Waals surface area contributed by atoms with Gasteiger partial charge in [0, 0.05) is 23.1 Å². The molecule has 5 N–H and O–H groups in total. The van der Waals surface area contributed by atoms with Crippen molar-refractivity contribution in [3.05, 3.63) is 46.6 Å². The summed E-state index contributed by atoms with van der Waals surface area (Å²) in [5.41, 5.74) is 3.15. The summed E-state index contributed by atoms with van der Waals surface area (Å²) >= 11 is 0. The molecule has 0 saturated heterocycles. The van der Waals surface area contributed by atoms with Crippen molar-refractivity contribution in [2.24, 2.45) is 0 Å². The van der Waals surface area contributed by atoms with Gasteiger partial charge < -0.3 is 25.6 Å². The number of H-pyrrole nitrogens is 1. The van der Waals surface area contributed by atoms with Gasteiger partial charge in [0.2, 0.25) is 5.91 Å². The minimum atomic E-state index is -1.23. The highest BCUT2D eigenvalue weighted by molar-refractivity contribution is 5.99. The number of phenols is 1. The fourth-order valence-corrected chi connectivity index (χ4v) is 4.16. The maximum absolute atomic E-state index is 13.2. The predicted molar refractivity (Wildman–Crippen MR) is 123 cm³/mol. The van der Waals surface area contributed by atoms with E-state index in [1.54, 1.807) is 38.2 Å². The molecule has 2 amide bonds. The molecule has 2 heterocycles. The van der Waals surface area contributed by atoms with E-state index in [-0.39, 0.29) is 5.75 Å². The van der Waals surface area contributed by atoms with Gasteiger partial charge >= 0.3 is 0 Å². The molecule has 0 bridgehead atoms. The number of hydrogen-bond acceptors (Lipinski definition) is 6. The molecule has 2 atom stereocenters. The molecular weight excluding hydrogens is 424 g/mol. The van der Waals surface area contributed by atoms with Gasteiger partial charge in [-0.25, -0.2) is 0 Å². The lowest BCUT2D eigenvalue weighted by atomic mass is 9.86. The van der Waals surface area contributed by atoms with Gasteiger partial charge in [0.25, 0.3) is 5.91 Å². The van der Waals surface area contributed by atoms with Crippen LogP contribution in [0.1, 0.15) is 35.6 Å². The number of nitrogens with one attached hydrogen (secondary N) is 3. The maximum Gasteiger partial charge on any atom is 0.264 e. The van der Waals surface area contributed by atoms with Crippen LogP contribution in [0.4, 0.5) is 5.69 Å². The molecule has 1 aliphatic rings. The van der Waals surface area contributed by atoms with Crippen LogP contribution >= 0.6 is 0 Å². The number of rotatable bonds is 5. The Kier molecular flexibility index (Phi) is 5.75. The summed E-state index contributed by atoms with van der Waals surface area (Å²) < 4.78 is 6.16. The molecule has 1 aromatic heterocycles. The average Bonchev–Trinajstić information content (AvgIpc) is 3.27. The number of phenolic OH excluding ortho intramolecular Hbond substituents is 1. The number of carbonyl (C=O) groups is 2. The predicted octanol–water partition coefficient (Wildman–Crippen LogP) is 2.39. The standard InChI is InChI=1S/C24H28N4O5/c1-12-13(2)21-17(14(3)20(12)30)7-8-24(4,33-21)23(32)27-19(11-29)22(31)26-16-6-5-15-10-25-28-18(15)9-16/h5-6,9-10,19,29-30H,7-8,11H2,1-4H3,(H,25,28)(H,26,31)(H,27,32). The SMILES string of the molecule is Cc1c(C)c2c(c(C)c1O)CCC(C)(C(=O)NC(CO)C(=O)Nc1ccc3cn[nH]c3c1)O2. The van der Waals surface area contributed by atoms with E-state index in [0.717, 1.165) is 27.6 Å². The molecule has 3 aromatic rings. The summed E-state index contributed by atoms with van der Waals surface area (Å²) in [4.78, 5) is 25.9. The van der Waals surface area contributed by atoms with Gasteiger partial charge in [-0.15, -0.1) is 0 Å². The maximum atomic E-state index is 13.2. The van der Waals surface area contributed by atoms with Crippen molar-refractivity contribution >= 4 is 28.4 Å². The number of amides is 2. The number of nitrogens with zero attached hydrogens (tertiary/aromatic N) is 1. The molecule has 0 aliphatic carbocycles. The molecule has 9 nitrogen and oxygen atoms in total. The van der Waals surface area contributed by atoms with Crippen molar-refractivity contribution in [2.75, 3.05) is 11.9 Å². The zero-order valence-electron chi connectivity index (χ0n) is 19.1. The quantitative estimate of drug-likeness (QED) is 0.403. The van der Waals surface area contributed by atoms with Crippen LogP contribution in [0.2, 0.25) is 0 Å². The van der Waals surface area contributed by atoms with Crippen LogP contribution in [0, 0.1) is 20.8 Å². The van der Waals surface area contributed by atoms with Crippen molar-refractivity contribution in [3.63, 3.8) is 0 Å². The molecular formula is C24H28N4O5. The topological polar surface area (TPSA) is 137 Å². The van der Waals surface area contributed by atoms with Gasteiger partial charge in [-0.2, -0.15) is 5.10 Å². The van der Waals surface area contributed by atoms with Crippen molar-refractivity contribution in [3.8, 4) is 11.5 Å². The first-order chi connectivity index (χ1) is 15.6. The number of benzene rings is 2. The van der Waals surface area contributed by atoms with Crippen LogP contribution in [0.25, 0.3) is 10.9 Å². The largest absolute Gasteiger partial charge is 0.507 e. The molecule has 33 heavy (non-hydrogen) atoms. The molecule has 9 heteroatoms. The zero-order valence-corrected chi connectivity index (χ0v) is 19.1. The number of aliphatic hydroxyl groups is 1. The molecule has 2 aromatic carbocycles. The summed E-state index contributed by atoms with van der Waals surface area (Å²) in [6.45, 7) is 6.58. The van der Waals surface area contributed by atoms with E-state index in [1.807, 2.05) is 13.8 Å². The Labute approximate surface area is 191 Å². The zero-order chi connectivity index (χ0) is 23.9. The van der Waals surface area contributed by atoms with E-state index in [0.29, 0.717) is 29.8 Å². The summed E-state index contributed by atoms with van der Waals surface area (Å²) in [5.74, 6) is -0.204. The van der Waals surface area contributed by atoms with Gasteiger partial charge in [-0.05, 0) is 69.0 Å². The Morgan fingerprint density at radius 1 is 1.24 bits per heavy atom. The highest BCUT2D eigenvalue weighted by Gasteiger charge is 2.42. The number of aliphatic hydroxyl groups excluding tert-OH is 1. The van der Waals surface area contributed by atoms with Crippen LogP contribution in [0.15, 0.2) is 24.4 Å². The Bertz CT molecular complexity index is 1250. The van der Waals surface area contributed by atoms with E-state index >= 15 is 0 Å². The van der Waals surface area contributed by atoms with E-state index in [2.05, 4.69) is 20.8 Å². The van der Waals surface area contributed by atoms with E-state index in [4.69, 9.17) is 4.74 Å². The molecule has 4 rings (SSSR count). The van der Waals surface area contributed by atoms with Crippen LogP contribution in [0.3, 0.4) is 0 Å². The lowest BCUT2D eigenvalue weighted by Gasteiger charge is -2.37. The second-order valence-corrected chi connectivity index (χ2v) is 8.73. The van der Waals surface area contributed by atoms with Crippen LogP contribution in [-0.4, -0.2) is 50.5 Å². The summed E-state index contributed by atoms with van der Waals surface area (Å²) in [6, 6.07) is 4.10. The molecule has 1 aliphatic heterocycles. The molecule has 174 valence electrons. The minimum absolute atomic E-state index is 0.244. The van der Waals surface area contributed by atoms with E-state index < -0.39 is 30.1 Å². The minimum Gasteiger partial charge on any atom is -0.507 e. The molecule has 0 fully saturated rings. The van der Waals surface area contributed by atoms with E-state index in [1.165, 1.54) is 0 Å². The van der Waals surface area contributed by atoms with Gasteiger partial charge in [-0.3, -0.25) is 14.7 Å². The Morgan fingerprint density at radius 3 is 2.73 bits per heavy atom. The van der Waals surface area contributed by atoms with Crippen molar-refractivity contribution in [1.29, 1.82) is 0 Å². The summed E-state index contributed by atoms with van der Waals surface area (Å²) in [5, 5.41) is 33.1. The Hall–Kier alpha value is -3.59. The second kappa shape index (κ2) is 8.40. The fourth-order valence-electron chi connectivity index (χ4n) is 4.16. The van der Waals surface area contributed by atoms with Gasteiger partial charge in [0.15, 0.2) is 5.60 Å². The number of carbonyl (C=O) groups excluding carboxylic acids is 2. The Morgan fingerprint density at radius 2 is 2.00 bits per heavy atom. The van der Waals surface area contributed by atoms with Gasteiger partial charge in [0.05, 0.1) is 18.3 Å². The average molecular weight is 453 g/mol. The molecule has 2 unspecified atom stereocenters. The number of anilines is 1. The van der Waals surface area contributed by atoms with Crippen molar-refractivity contribution < 1.29 is 24.5 Å². The normalized spacial score (nSPS) is 18.3. The third kappa shape index (κ3) is 4.00. The second-order valence-electron chi connectivity index (χ2n) is 8.73. The highest BCUT2D eigenvalue weighted by Crippen LogP contribution is 2.43. The van der Waals surface area contributed by atoms with E-state index in [9.17, 15) is 19.8 Å². The Balaban J connectivity index is 1.49. The first-order valence-electron chi connectivity index (χ1n) is 10.8. The molecule has 0 spiro atoms. The number of aromatic nitrogens is 2. The highest BCUT2D eigenvalue weighted by atomic mass is 16.5. The van der Waals surface area contributed by atoms with Gasteiger partial charge in [-0.1, -0.05) is 0 Å². The number of hydrogen-bond donors (Lipinski definition) is 5. The van der Waals surface area contributed by atoms with Crippen LogP contribution in [-0.2, 0) is 16.0 Å². The number of aromatic hydroxyl groups is 1. The fraction of sp³-hybridized carbons (Fsp3) is 0.375. The van der Waals surface area contributed by atoms with Crippen molar-refractivity contribution in [2.45, 2.75) is 52.2 Å². The summed E-state index contributed by atoms with van der Waals surface area (Å²) in [6.07, 6.45) is 2.58. The number of ether oxygens (including phenoxy) is 1. The molecule has 0 radical (unpaired) electrons. The first-order valence-corrected chi connectivity index (χ1v) is 10.8. The third-order valence-corrected chi connectivity index (χ3v) is 6.51. The lowest BCUT2D eigenvalue weighted by molar-refractivity contribution is -0.140. The van der Waals surface area contributed by atoms with Crippen LogP contribution < -0.4 is 15.4 Å². The number of aromatic amines is 1. The third-order valence-electron chi connectivity index (χ3n) is 6.51. The lowest BCUT2D eigenvalue weighted by Crippen LogP contribution is -2.56. The molecule has 0 saturated carbocycles. The monoisotopic (exact) mass is 452 g/mol. The smallest absolute Gasteiger partial charge is 0.264 e. The van der Waals surface area contributed by atoms with Gasteiger partial charge in [0.1, 0.15) is 17.5 Å². The summed E-state index contributed by atoms with van der Waals surface area (Å²) in [7, 11) is 0.